The number of fused-ring (bicyclic) bond motifs is 1. The lowest BCUT2D eigenvalue weighted by molar-refractivity contribution is 0.453. The summed E-state index contributed by atoms with van der Waals surface area (Å²) in [5.74, 6) is 0.757. The van der Waals surface area contributed by atoms with Crippen LogP contribution in [0.25, 0.3) is 11.2 Å². The minimum atomic E-state index is 0.314. The van der Waals surface area contributed by atoms with Gasteiger partial charge in [0.05, 0.1) is 6.04 Å². The normalized spacial score (nSPS) is 12.9. The molecule has 6 heteroatoms. The van der Waals surface area contributed by atoms with Crippen LogP contribution in [-0.2, 0) is 0 Å². The highest BCUT2D eigenvalue weighted by molar-refractivity contribution is 5.81. The fourth-order valence-corrected chi connectivity index (χ4v) is 1.90. The highest BCUT2D eigenvalue weighted by Gasteiger charge is 2.14. The maximum absolute atomic E-state index is 4.27. The van der Waals surface area contributed by atoms with Crippen molar-refractivity contribution in [2.24, 2.45) is 0 Å². The summed E-state index contributed by atoms with van der Waals surface area (Å²) in [6.45, 7) is 7.13. The molecule has 6 nitrogen and oxygen atoms in total. The van der Waals surface area contributed by atoms with Crippen molar-refractivity contribution in [2.75, 3.05) is 11.9 Å². The van der Waals surface area contributed by atoms with Crippen molar-refractivity contribution < 1.29 is 0 Å². The fraction of sp³-hybridized carbons (Fsp3) is 0.636. The molecule has 0 aliphatic carbocycles. The van der Waals surface area contributed by atoms with Crippen molar-refractivity contribution >= 4 is 17.0 Å². The van der Waals surface area contributed by atoms with Gasteiger partial charge in [-0.1, -0.05) is 18.6 Å². The Hall–Kier alpha value is -1.72. The quantitative estimate of drug-likeness (QED) is 0.857. The first-order chi connectivity index (χ1) is 8.27. The van der Waals surface area contributed by atoms with E-state index >= 15 is 0 Å². The zero-order chi connectivity index (χ0) is 12.3. The third-order valence-corrected chi connectivity index (χ3v) is 2.73. The highest BCUT2D eigenvalue weighted by Crippen LogP contribution is 2.20. The monoisotopic (exact) mass is 234 g/mol. The molecule has 0 aliphatic rings. The largest absolute Gasteiger partial charge is 0.368 e. The minimum Gasteiger partial charge on any atom is -0.368 e. The van der Waals surface area contributed by atoms with E-state index in [1.165, 1.54) is 0 Å². The third-order valence-electron chi connectivity index (χ3n) is 2.73. The second-order valence-corrected chi connectivity index (χ2v) is 4.10. The summed E-state index contributed by atoms with van der Waals surface area (Å²) in [6, 6.07) is 0.314. The number of rotatable bonds is 5. The van der Waals surface area contributed by atoms with Gasteiger partial charge in [-0.05, 0) is 20.3 Å². The first-order valence-electron chi connectivity index (χ1n) is 6.07. The maximum atomic E-state index is 4.27. The molecule has 0 bridgehead atoms. The van der Waals surface area contributed by atoms with Gasteiger partial charge >= 0.3 is 0 Å². The van der Waals surface area contributed by atoms with Gasteiger partial charge in [0.15, 0.2) is 17.0 Å². The Balaban J connectivity index is 2.43. The Kier molecular flexibility index (Phi) is 3.51. The lowest BCUT2D eigenvalue weighted by Gasteiger charge is -2.10. The van der Waals surface area contributed by atoms with E-state index in [1.807, 2.05) is 11.6 Å². The molecule has 2 aromatic heterocycles. The zero-order valence-electron chi connectivity index (χ0n) is 10.5. The summed E-state index contributed by atoms with van der Waals surface area (Å²) in [7, 11) is 0. The second kappa shape index (κ2) is 5.07. The Bertz CT molecular complexity index is 492. The summed E-state index contributed by atoms with van der Waals surface area (Å²) >= 11 is 0. The van der Waals surface area contributed by atoms with Crippen molar-refractivity contribution in [1.82, 2.24) is 25.0 Å². The van der Waals surface area contributed by atoms with E-state index in [-0.39, 0.29) is 0 Å². The lowest BCUT2D eigenvalue weighted by atomic mass is 10.2. The Morgan fingerprint density at radius 1 is 1.35 bits per heavy atom. The van der Waals surface area contributed by atoms with E-state index in [0.717, 1.165) is 36.4 Å². The van der Waals surface area contributed by atoms with Crippen LogP contribution in [0.4, 0.5) is 5.82 Å². The van der Waals surface area contributed by atoms with Crippen molar-refractivity contribution in [2.45, 2.75) is 39.7 Å². The van der Waals surface area contributed by atoms with Crippen molar-refractivity contribution in [1.29, 1.82) is 0 Å². The molecule has 0 fully saturated rings. The van der Waals surface area contributed by atoms with Gasteiger partial charge in [-0.25, -0.2) is 14.6 Å². The SMILES string of the molecule is CCCC(C)n1nnc2c(NCC)ncnc21. The van der Waals surface area contributed by atoms with Crippen molar-refractivity contribution in [3.63, 3.8) is 0 Å². The van der Waals surface area contributed by atoms with E-state index in [0.29, 0.717) is 6.04 Å². The number of nitrogens with zero attached hydrogens (tertiary/aromatic N) is 5. The summed E-state index contributed by atoms with van der Waals surface area (Å²) in [6.07, 6.45) is 3.74. The average Bonchev–Trinajstić information content (AvgIpc) is 2.74. The molecule has 1 atom stereocenters. The molecule has 0 saturated carbocycles. The van der Waals surface area contributed by atoms with Crippen LogP contribution in [0.1, 0.15) is 39.7 Å². The van der Waals surface area contributed by atoms with E-state index in [4.69, 9.17) is 0 Å². The smallest absolute Gasteiger partial charge is 0.184 e. The van der Waals surface area contributed by atoms with Crippen LogP contribution in [0.3, 0.4) is 0 Å². The molecule has 0 radical (unpaired) electrons. The maximum Gasteiger partial charge on any atom is 0.184 e. The molecule has 1 N–H and O–H groups in total. The standard InChI is InChI=1S/C11H18N6/c1-4-6-8(3)17-11-9(15-16-17)10(12-5-2)13-7-14-11/h7-8H,4-6H2,1-3H3,(H,12,13,14). The molecule has 2 heterocycles. The van der Waals surface area contributed by atoms with Gasteiger partial charge in [0, 0.05) is 6.54 Å². The van der Waals surface area contributed by atoms with E-state index in [2.05, 4.69) is 39.4 Å². The first kappa shape index (κ1) is 11.8. The van der Waals surface area contributed by atoms with Crippen LogP contribution in [-0.4, -0.2) is 31.5 Å². The molecule has 1 unspecified atom stereocenters. The molecular formula is C11H18N6. The van der Waals surface area contributed by atoms with Gasteiger partial charge in [0.1, 0.15) is 6.33 Å². The Labute approximate surface area is 100 Å². The molecule has 92 valence electrons. The molecule has 0 spiro atoms. The fourth-order valence-electron chi connectivity index (χ4n) is 1.90. The average molecular weight is 234 g/mol. The van der Waals surface area contributed by atoms with Crippen LogP contribution in [0.15, 0.2) is 6.33 Å². The molecule has 17 heavy (non-hydrogen) atoms. The van der Waals surface area contributed by atoms with Crippen molar-refractivity contribution in [3.8, 4) is 0 Å². The molecule has 0 saturated heterocycles. The van der Waals surface area contributed by atoms with Gasteiger partial charge in [0.2, 0.25) is 0 Å². The highest BCUT2D eigenvalue weighted by atomic mass is 15.5. The van der Waals surface area contributed by atoms with Gasteiger partial charge < -0.3 is 5.32 Å². The van der Waals surface area contributed by atoms with Crippen LogP contribution in [0, 0.1) is 0 Å². The van der Waals surface area contributed by atoms with Crippen LogP contribution >= 0.6 is 0 Å². The lowest BCUT2D eigenvalue weighted by Crippen LogP contribution is -2.08. The van der Waals surface area contributed by atoms with Gasteiger partial charge in [-0.15, -0.1) is 5.10 Å². The zero-order valence-corrected chi connectivity index (χ0v) is 10.5. The van der Waals surface area contributed by atoms with Crippen LogP contribution < -0.4 is 5.32 Å². The topological polar surface area (TPSA) is 68.5 Å². The number of nitrogens with one attached hydrogen (secondary N) is 1. The van der Waals surface area contributed by atoms with Gasteiger partial charge in [-0.2, -0.15) is 0 Å². The van der Waals surface area contributed by atoms with E-state index < -0.39 is 0 Å². The van der Waals surface area contributed by atoms with Gasteiger partial charge in [0.25, 0.3) is 0 Å². The van der Waals surface area contributed by atoms with Crippen LogP contribution in [0.5, 0.6) is 0 Å². The predicted octanol–water partition coefficient (Wildman–Crippen LogP) is 2.01. The Morgan fingerprint density at radius 3 is 2.88 bits per heavy atom. The van der Waals surface area contributed by atoms with E-state index in [1.54, 1.807) is 6.33 Å². The Morgan fingerprint density at radius 2 is 2.18 bits per heavy atom. The third kappa shape index (κ3) is 2.20. The molecule has 0 aromatic carbocycles. The van der Waals surface area contributed by atoms with Crippen molar-refractivity contribution in [3.05, 3.63) is 6.33 Å². The molecular weight excluding hydrogens is 216 g/mol. The first-order valence-corrected chi connectivity index (χ1v) is 6.07. The molecule has 0 amide bonds. The number of hydrogen-bond acceptors (Lipinski definition) is 5. The second-order valence-electron chi connectivity index (χ2n) is 4.10. The molecule has 2 aromatic rings. The van der Waals surface area contributed by atoms with Gasteiger partial charge in [-0.3, -0.25) is 0 Å². The summed E-state index contributed by atoms with van der Waals surface area (Å²) < 4.78 is 1.88. The summed E-state index contributed by atoms with van der Waals surface area (Å²) in [5.41, 5.74) is 1.55. The number of anilines is 1. The summed E-state index contributed by atoms with van der Waals surface area (Å²) in [5, 5.41) is 11.5. The predicted molar refractivity (Wildman–Crippen MR) is 66.9 cm³/mol. The van der Waals surface area contributed by atoms with Crippen LogP contribution in [0.2, 0.25) is 0 Å². The molecule has 2 rings (SSSR count). The minimum absolute atomic E-state index is 0.314. The molecule has 0 aliphatic heterocycles. The number of hydrogen-bond donors (Lipinski definition) is 1. The number of aromatic nitrogens is 5. The summed E-state index contributed by atoms with van der Waals surface area (Å²) in [4.78, 5) is 8.45. The van der Waals surface area contributed by atoms with E-state index in [9.17, 15) is 0 Å².